The predicted octanol–water partition coefficient (Wildman–Crippen LogP) is 3.03. The molecular formula is C21H22N4O3. The van der Waals surface area contributed by atoms with Crippen LogP contribution in [0.2, 0.25) is 0 Å². The molecule has 144 valence electrons. The molecule has 0 unspecified atom stereocenters. The maximum Gasteiger partial charge on any atom is 0.271 e. The molecule has 0 saturated heterocycles. The van der Waals surface area contributed by atoms with Gasteiger partial charge in [0.25, 0.3) is 5.91 Å². The number of nitrogens with zero attached hydrogens (tertiary/aromatic N) is 3. The first-order chi connectivity index (χ1) is 13.5. The minimum Gasteiger partial charge on any atom is -0.507 e. The SMILES string of the molecule is COc1ccc(O)c(/C=N/NC(=O)c2ccc(Cn3nc(C)cc3C)cc2)c1. The molecule has 7 nitrogen and oxygen atoms in total. The summed E-state index contributed by atoms with van der Waals surface area (Å²) in [7, 11) is 1.54. The Hall–Kier alpha value is -3.61. The fourth-order valence-electron chi connectivity index (χ4n) is 2.76. The first-order valence-corrected chi connectivity index (χ1v) is 8.76. The number of phenols is 1. The van der Waals surface area contributed by atoms with Crippen molar-refractivity contribution in [1.82, 2.24) is 15.2 Å². The minimum atomic E-state index is -0.337. The Labute approximate surface area is 163 Å². The molecule has 28 heavy (non-hydrogen) atoms. The van der Waals surface area contributed by atoms with Gasteiger partial charge >= 0.3 is 0 Å². The van der Waals surface area contributed by atoms with E-state index in [2.05, 4.69) is 15.6 Å². The largest absolute Gasteiger partial charge is 0.507 e. The van der Waals surface area contributed by atoms with E-state index in [-0.39, 0.29) is 11.7 Å². The van der Waals surface area contributed by atoms with Gasteiger partial charge in [0.1, 0.15) is 11.5 Å². The highest BCUT2D eigenvalue weighted by Crippen LogP contribution is 2.21. The van der Waals surface area contributed by atoms with E-state index in [9.17, 15) is 9.90 Å². The van der Waals surface area contributed by atoms with Crippen molar-refractivity contribution in [2.45, 2.75) is 20.4 Å². The van der Waals surface area contributed by atoms with Gasteiger partial charge in [0.15, 0.2) is 0 Å². The van der Waals surface area contributed by atoms with E-state index in [4.69, 9.17) is 4.74 Å². The molecule has 0 aliphatic carbocycles. The molecule has 0 aliphatic rings. The van der Waals surface area contributed by atoms with E-state index in [1.54, 1.807) is 24.3 Å². The summed E-state index contributed by atoms with van der Waals surface area (Å²) < 4.78 is 7.03. The third kappa shape index (κ3) is 4.56. The van der Waals surface area contributed by atoms with Crippen LogP contribution in [0.4, 0.5) is 0 Å². The van der Waals surface area contributed by atoms with E-state index in [0.717, 1.165) is 17.0 Å². The number of carbonyl (C=O) groups excluding carboxylic acids is 1. The summed E-state index contributed by atoms with van der Waals surface area (Å²) in [5.74, 6) is 0.299. The van der Waals surface area contributed by atoms with Crippen LogP contribution in [-0.4, -0.2) is 34.1 Å². The number of aromatic nitrogens is 2. The van der Waals surface area contributed by atoms with Crippen LogP contribution in [0.3, 0.4) is 0 Å². The fraction of sp³-hybridized carbons (Fsp3) is 0.190. The van der Waals surface area contributed by atoms with E-state index in [1.807, 2.05) is 36.7 Å². The van der Waals surface area contributed by atoms with Crippen molar-refractivity contribution < 1.29 is 14.6 Å². The Morgan fingerprint density at radius 3 is 2.61 bits per heavy atom. The third-order valence-electron chi connectivity index (χ3n) is 4.26. The number of hydrogen-bond donors (Lipinski definition) is 2. The van der Waals surface area contributed by atoms with Crippen molar-refractivity contribution in [2.24, 2.45) is 5.10 Å². The molecule has 3 aromatic rings. The van der Waals surface area contributed by atoms with Crippen molar-refractivity contribution in [3.8, 4) is 11.5 Å². The highest BCUT2D eigenvalue weighted by atomic mass is 16.5. The first kappa shape index (κ1) is 19.2. The number of methoxy groups -OCH3 is 1. The lowest BCUT2D eigenvalue weighted by Gasteiger charge is -2.06. The number of phenolic OH excluding ortho intramolecular Hbond substituents is 1. The summed E-state index contributed by atoms with van der Waals surface area (Å²) in [5.41, 5.74) is 6.51. The lowest BCUT2D eigenvalue weighted by atomic mass is 10.1. The van der Waals surface area contributed by atoms with Gasteiger partial charge in [-0.3, -0.25) is 9.48 Å². The standard InChI is InChI=1S/C21H22N4O3/c1-14-10-15(2)25(24-14)13-16-4-6-17(7-5-16)21(27)23-22-12-18-11-19(28-3)8-9-20(18)26/h4-12,26H,13H2,1-3H3,(H,23,27)/b22-12+. The summed E-state index contributed by atoms with van der Waals surface area (Å²) in [5, 5.41) is 18.2. The van der Waals surface area contributed by atoms with E-state index in [0.29, 0.717) is 23.4 Å². The molecule has 1 amide bonds. The maximum atomic E-state index is 12.2. The van der Waals surface area contributed by atoms with E-state index in [1.165, 1.54) is 19.4 Å². The Morgan fingerprint density at radius 2 is 1.96 bits per heavy atom. The molecule has 0 fully saturated rings. The molecule has 2 N–H and O–H groups in total. The highest BCUT2D eigenvalue weighted by molar-refractivity contribution is 5.95. The summed E-state index contributed by atoms with van der Waals surface area (Å²) in [6.45, 7) is 4.62. The number of aromatic hydroxyl groups is 1. The Morgan fingerprint density at radius 1 is 1.21 bits per heavy atom. The van der Waals surface area contributed by atoms with Crippen LogP contribution < -0.4 is 10.2 Å². The van der Waals surface area contributed by atoms with Gasteiger partial charge in [-0.25, -0.2) is 5.43 Å². The van der Waals surface area contributed by atoms with Crippen LogP contribution in [0.1, 0.15) is 32.9 Å². The average molecular weight is 378 g/mol. The van der Waals surface area contributed by atoms with E-state index < -0.39 is 0 Å². The maximum absolute atomic E-state index is 12.2. The molecule has 2 aromatic carbocycles. The number of aryl methyl sites for hydroxylation is 2. The second-order valence-electron chi connectivity index (χ2n) is 6.41. The first-order valence-electron chi connectivity index (χ1n) is 8.76. The molecule has 1 heterocycles. The quantitative estimate of drug-likeness (QED) is 0.510. The molecule has 0 aliphatic heterocycles. The summed E-state index contributed by atoms with van der Waals surface area (Å²) >= 11 is 0. The van der Waals surface area contributed by atoms with Crippen LogP contribution in [0, 0.1) is 13.8 Å². The van der Waals surface area contributed by atoms with Crippen LogP contribution in [0.25, 0.3) is 0 Å². The lowest BCUT2D eigenvalue weighted by Crippen LogP contribution is -2.17. The fourth-order valence-corrected chi connectivity index (χ4v) is 2.76. The number of hydrogen-bond acceptors (Lipinski definition) is 5. The van der Waals surface area contributed by atoms with Gasteiger partial charge in [-0.15, -0.1) is 0 Å². The molecule has 1 aromatic heterocycles. The number of benzene rings is 2. The Bertz CT molecular complexity index is 1010. The van der Waals surface area contributed by atoms with Gasteiger partial charge < -0.3 is 9.84 Å². The van der Waals surface area contributed by atoms with Crippen molar-refractivity contribution >= 4 is 12.1 Å². The molecule has 3 rings (SSSR count). The number of hydrazone groups is 1. The summed E-state index contributed by atoms with van der Waals surface area (Å²) in [4.78, 5) is 12.2. The van der Waals surface area contributed by atoms with Crippen LogP contribution in [-0.2, 0) is 6.54 Å². The van der Waals surface area contributed by atoms with Crippen molar-refractivity contribution in [3.05, 3.63) is 76.6 Å². The molecule has 7 heteroatoms. The minimum absolute atomic E-state index is 0.0484. The summed E-state index contributed by atoms with van der Waals surface area (Å²) in [6.07, 6.45) is 1.37. The number of nitrogens with one attached hydrogen (secondary N) is 1. The third-order valence-corrected chi connectivity index (χ3v) is 4.26. The topological polar surface area (TPSA) is 88.7 Å². The molecule has 0 radical (unpaired) electrons. The average Bonchev–Trinajstić information content (AvgIpc) is 3.00. The molecular weight excluding hydrogens is 356 g/mol. The monoisotopic (exact) mass is 378 g/mol. The highest BCUT2D eigenvalue weighted by Gasteiger charge is 2.06. The second-order valence-corrected chi connectivity index (χ2v) is 6.41. The van der Waals surface area contributed by atoms with Gasteiger partial charge in [0.2, 0.25) is 0 Å². The molecule has 0 saturated carbocycles. The number of carbonyl (C=O) groups is 1. The molecule has 0 bridgehead atoms. The summed E-state index contributed by atoms with van der Waals surface area (Å²) in [6, 6.07) is 14.1. The van der Waals surface area contributed by atoms with Crippen molar-refractivity contribution in [2.75, 3.05) is 7.11 Å². The van der Waals surface area contributed by atoms with Crippen LogP contribution >= 0.6 is 0 Å². The van der Waals surface area contributed by atoms with Crippen LogP contribution in [0.5, 0.6) is 11.5 Å². The number of rotatable bonds is 6. The van der Waals surface area contributed by atoms with E-state index >= 15 is 0 Å². The normalized spacial score (nSPS) is 11.0. The second kappa shape index (κ2) is 8.39. The van der Waals surface area contributed by atoms with Crippen molar-refractivity contribution in [3.63, 3.8) is 0 Å². The van der Waals surface area contributed by atoms with Gasteiger partial charge in [0, 0.05) is 16.8 Å². The zero-order valence-corrected chi connectivity index (χ0v) is 16.0. The zero-order chi connectivity index (χ0) is 20.1. The molecule has 0 spiro atoms. The van der Waals surface area contributed by atoms with Crippen LogP contribution in [0.15, 0.2) is 53.6 Å². The Balaban J connectivity index is 1.62. The number of amides is 1. The van der Waals surface area contributed by atoms with Gasteiger partial charge in [-0.05, 0) is 55.8 Å². The van der Waals surface area contributed by atoms with Crippen molar-refractivity contribution in [1.29, 1.82) is 0 Å². The zero-order valence-electron chi connectivity index (χ0n) is 16.0. The Kier molecular flexibility index (Phi) is 5.74. The number of ether oxygens (including phenoxy) is 1. The smallest absolute Gasteiger partial charge is 0.271 e. The molecule has 0 atom stereocenters. The lowest BCUT2D eigenvalue weighted by molar-refractivity contribution is 0.0955. The van der Waals surface area contributed by atoms with Gasteiger partial charge in [-0.2, -0.15) is 10.2 Å². The predicted molar refractivity (Wildman–Crippen MR) is 107 cm³/mol. The van der Waals surface area contributed by atoms with Gasteiger partial charge in [-0.1, -0.05) is 12.1 Å². The van der Waals surface area contributed by atoms with Gasteiger partial charge in [0.05, 0.1) is 25.6 Å².